The Morgan fingerprint density at radius 3 is 2.87 bits per heavy atom. The van der Waals surface area contributed by atoms with Crippen molar-refractivity contribution in [2.75, 3.05) is 25.4 Å². The number of aromatic nitrogens is 1. The molecule has 1 N–H and O–H groups in total. The van der Waals surface area contributed by atoms with Crippen LogP contribution in [0.5, 0.6) is 0 Å². The lowest BCUT2D eigenvalue weighted by Gasteiger charge is -2.36. The first-order chi connectivity index (χ1) is 10.6. The molecule has 2 rings (SSSR count). The van der Waals surface area contributed by atoms with E-state index in [2.05, 4.69) is 53.8 Å². The molecule has 1 unspecified atom stereocenters. The van der Waals surface area contributed by atoms with Gasteiger partial charge in [0.05, 0.1) is 6.54 Å². The van der Waals surface area contributed by atoms with E-state index in [1.807, 2.05) is 19.2 Å². The molecule has 1 aliphatic heterocycles. The molecule has 0 bridgehead atoms. The van der Waals surface area contributed by atoms with Crippen LogP contribution >= 0.6 is 35.7 Å². The Balaban J connectivity index is 0.00000264. The van der Waals surface area contributed by atoms with Crippen molar-refractivity contribution < 1.29 is 0 Å². The van der Waals surface area contributed by atoms with Crippen molar-refractivity contribution in [1.29, 1.82) is 0 Å². The third-order valence-corrected chi connectivity index (χ3v) is 5.40. The Bertz CT molecular complexity index is 490. The van der Waals surface area contributed by atoms with Crippen LogP contribution in [0.4, 0.5) is 0 Å². The van der Waals surface area contributed by atoms with Crippen molar-refractivity contribution in [2.45, 2.75) is 39.5 Å². The third kappa shape index (κ3) is 6.49. The molecule has 1 saturated heterocycles. The number of aryl methyl sites for hydroxylation is 1. The summed E-state index contributed by atoms with van der Waals surface area (Å²) in [5.74, 6) is 2.92. The first kappa shape index (κ1) is 20.5. The Kier molecular flexibility index (Phi) is 9.27. The summed E-state index contributed by atoms with van der Waals surface area (Å²) in [6.07, 6.45) is 1.92. The molecule has 23 heavy (non-hydrogen) atoms. The zero-order chi connectivity index (χ0) is 15.9. The van der Waals surface area contributed by atoms with Gasteiger partial charge in [0.1, 0.15) is 0 Å². The second-order valence-electron chi connectivity index (χ2n) is 6.08. The van der Waals surface area contributed by atoms with Crippen LogP contribution < -0.4 is 5.32 Å². The maximum Gasteiger partial charge on any atom is 0.194 e. The summed E-state index contributed by atoms with van der Waals surface area (Å²) in [7, 11) is 0. The molecule has 0 spiro atoms. The fourth-order valence-corrected chi connectivity index (χ4v) is 3.75. The number of pyridine rings is 1. The van der Waals surface area contributed by atoms with E-state index >= 15 is 0 Å². The van der Waals surface area contributed by atoms with Gasteiger partial charge in [0.25, 0.3) is 0 Å². The second-order valence-corrected chi connectivity index (χ2v) is 7.42. The molecule has 0 radical (unpaired) electrons. The highest BCUT2D eigenvalue weighted by atomic mass is 127. The van der Waals surface area contributed by atoms with Gasteiger partial charge in [0, 0.05) is 42.5 Å². The first-order valence-electron chi connectivity index (χ1n) is 8.16. The molecule has 1 aromatic rings. The minimum atomic E-state index is 0. The Labute approximate surface area is 161 Å². The average Bonchev–Trinajstić information content (AvgIpc) is 2.53. The summed E-state index contributed by atoms with van der Waals surface area (Å²) in [6, 6.07) is 4.16. The Morgan fingerprint density at radius 2 is 2.26 bits per heavy atom. The number of nitrogens with one attached hydrogen (secondary N) is 1. The number of nitrogens with zero attached hydrogens (tertiary/aromatic N) is 3. The molecule has 0 amide bonds. The van der Waals surface area contributed by atoms with Crippen LogP contribution in [0.15, 0.2) is 23.3 Å². The molecule has 6 heteroatoms. The smallest absolute Gasteiger partial charge is 0.194 e. The van der Waals surface area contributed by atoms with Gasteiger partial charge in [-0.05, 0) is 31.4 Å². The summed E-state index contributed by atoms with van der Waals surface area (Å²) in [6.45, 7) is 12.5. The van der Waals surface area contributed by atoms with Crippen LogP contribution in [0.1, 0.15) is 32.0 Å². The number of hydrogen-bond donors (Lipinski definition) is 1. The molecule has 0 aliphatic carbocycles. The molecule has 130 valence electrons. The van der Waals surface area contributed by atoms with Gasteiger partial charge in [-0.25, -0.2) is 4.99 Å². The van der Waals surface area contributed by atoms with Gasteiger partial charge in [-0.1, -0.05) is 19.9 Å². The van der Waals surface area contributed by atoms with E-state index in [-0.39, 0.29) is 24.0 Å². The molecule has 2 heterocycles. The van der Waals surface area contributed by atoms with Crippen molar-refractivity contribution in [1.82, 2.24) is 15.2 Å². The van der Waals surface area contributed by atoms with E-state index < -0.39 is 0 Å². The molecule has 1 aliphatic rings. The molecule has 0 saturated carbocycles. The van der Waals surface area contributed by atoms with E-state index in [4.69, 9.17) is 4.99 Å². The summed E-state index contributed by atoms with van der Waals surface area (Å²) in [5, 5.41) is 4.13. The van der Waals surface area contributed by atoms with Crippen LogP contribution in [-0.2, 0) is 6.54 Å². The lowest BCUT2D eigenvalue weighted by atomic mass is 10.1. The minimum Gasteiger partial charge on any atom is -0.357 e. The number of thioether (sulfide) groups is 1. The summed E-state index contributed by atoms with van der Waals surface area (Å²) in [5.41, 5.74) is 2.21. The average molecular weight is 448 g/mol. The van der Waals surface area contributed by atoms with Crippen molar-refractivity contribution in [3.63, 3.8) is 0 Å². The van der Waals surface area contributed by atoms with Crippen molar-refractivity contribution in [3.8, 4) is 0 Å². The number of aliphatic imine (C=N–C) groups is 1. The van der Waals surface area contributed by atoms with Gasteiger partial charge in [-0.3, -0.25) is 4.98 Å². The number of halogens is 1. The molecule has 0 aromatic carbocycles. The minimum absolute atomic E-state index is 0. The summed E-state index contributed by atoms with van der Waals surface area (Å²) >= 11 is 2.09. The highest BCUT2D eigenvalue weighted by molar-refractivity contribution is 14.0. The quantitative estimate of drug-likeness (QED) is 0.435. The van der Waals surface area contributed by atoms with Gasteiger partial charge in [0.15, 0.2) is 5.96 Å². The second kappa shape index (κ2) is 10.4. The number of guanidine groups is 1. The van der Waals surface area contributed by atoms with Gasteiger partial charge in [0.2, 0.25) is 0 Å². The monoisotopic (exact) mass is 448 g/mol. The maximum atomic E-state index is 4.81. The van der Waals surface area contributed by atoms with Gasteiger partial charge in [-0.15, -0.1) is 24.0 Å². The summed E-state index contributed by atoms with van der Waals surface area (Å²) < 4.78 is 0. The zero-order valence-corrected chi connectivity index (χ0v) is 17.7. The van der Waals surface area contributed by atoms with Crippen LogP contribution in [0.2, 0.25) is 0 Å². The highest BCUT2D eigenvalue weighted by Crippen LogP contribution is 2.24. The van der Waals surface area contributed by atoms with Crippen molar-refractivity contribution >= 4 is 41.7 Å². The van der Waals surface area contributed by atoms with Gasteiger partial charge in [-0.2, -0.15) is 11.8 Å². The molecule has 4 nitrogen and oxygen atoms in total. The fourth-order valence-electron chi connectivity index (χ4n) is 2.46. The standard InChI is InChI=1S/C17H28N4S.HI/c1-5-18-17(20-11-15-7-6-14(4)19-10-15)21-8-9-22-16(12-21)13(2)3;/h6-7,10,13,16H,5,8-9,11-12H2,1-4H3,(H,18,20);1H. The van der Waals surface area contributed by atoms with Crippen LogP contribution in [0, 0.1) is 12.8 Å². The number of rotatable bonds is 4. The van der Waals surface area contributed by atoms with E-state index in [1.165, 1.54) is 5.75 Å². The van der Waals surface area contributed by atoms with Crippen molar-refractivity contribution in [2.24, 2.45) is 10.9 Å². The highest BCUT2D eigenvalue weighted by Gasteiger charge is 2.24. The van der Waals surface area contributed by atoms with Crippen molar-refractivity contribution in [3.05, 3.63) is 29.6 Å². The van der Waals surface area contributed by atoms with Crippen LogP contribution in [0.25, 0.3) is 0 Å². The third-order valence-electron chi connectivity index (χ3n) is 3.86. The molecular weight excluding hydrogens is 419 g/mol. The predicted octanol–water partition coefficient (Wildman–Crippen LogP) is 3.55. The predicted molar refractivity (Wildman–Crippen MR) is 112 cm³/mol. The Hall–Kier alpha value is -0.500. The number of hydrogen-bond acceptors (Lipinski definition) is 3. The maximum absolute atomic E-state index is 4.81. The molecule has 1 fully saturated rings. The Morgan fingerprint density at radius 1 is 1.48 bits per heavy atom. The van der Waals surface area contributed by atoms with E-state index in [9.17, 15) is 0 Å². The summed E-state index contributed by atoms with van der Waals surface area (Å²) in [4.78, 5) is 11.6. The fraction of sp³-hybridized carbons (Fsp3) is 0.647. The first-order valence-corrected chi connectivity index (χ1v) is 9.21. The molecular formula is C17H29IN4S. The molecule has 1 aromatic heterocycles. The van der Waals surface area contributed by atoms with E-state index in [1.54, 1.807) is 0 Å². The lowest BCUT2D eigenvalue weighted by Crippen LogP contribution is -2.49. The van der Waals surface area contributed by atoms with Crippen LogP contribution in [-0.4, -0.2) is 46.5 Å². The van der Waals surface area contributed by atoms with Crippen LogP contribution in [0.3, 0.4) is 0 Å². The van der Waals surface area contributed by atoms with E-state index in [0.717, 1.165) is 36.9 Å². The topological polar surface area (TPSA) is 40.5 Å². The SMILES string of the molecule is CCNC(=NCc1ccc(C)nc1)N1CCSC(C(C)C)C1.I. The van der Waals surface area contributed by atoms with E-state index in [0.29, 0.717) is 17.7 Å². The lowest BCUT2D eigenvalue weighted by molar-refractivity contribution is 0.381. The van der Waals surface area contributed by atoms with Gasteiger partial charge < -0.3 is 10.2 Å². The zero-order valence-electron chi connectivity index (χ0n) is 14.6. The molecule has 1 atom stereocenters. The largest absolute Gasteiger partial charge is 0.357 e. The normalized spacial score (nSPS) is 18.7. The van der Waals surface area contributed by atoms with Gasteiger partial charge >= 0.3 is 0 Å².